The number of benzene rings is 1. The first-order chi connectivity index (χ1) is 6.72. The fourth-order valence-electron chi connectivity index (χ4n) is 1.89. The molecule has 0 saturated carbocycles. The first-order valence-electron chi connectivity index (χ1n) is 4.82. The standard InChI is InChI=1S/C11H14N2O/c1-7-3-2-4-9-10(7)5-8(6-12)13-11(9)14/h2-4,8H,5-6,12H2,1H3,(H,13,14). The van der Waals surface area contributed by atoms with Gasteiger partial charge in [0.05, 0.1) is 0 Å². The minimum absolute atomic E-state index is 0.00500. The minimum atomic E-state index is 0.00500. The van der Waals surface area contributed by atoms with Crippen molar-refractivity contribution in [3.63, 3.8) is 0 Å². The molecule has 1 aliphatic rings. The van der Waals surface area contributed by atoms with Gasteiger partial charge in [0.2, 0.25) is 0 Å². The van der Waals surface area contributed by atoms with Gasteiger partial charge < -0.3 is 11.1 Å². The van der Waals surface area contributed by atoms with Crippen molar-refractivity contribution in [3.8, 4) is 0 Å². The molecule has 1 aromatic rings. The molecule has 0 radical (unpaired) electrons. The van der Waals surface area contributed by atoms with E-state index in [9.17, 15) is 4.79 Å². The molecule has 0 bridgehead atoms. The molecule has 2 rings (SSSR count). The number of nitrogens with one attached hydrogen (secondary N) is 1. The van der Waals surface area contributed by atoms with Crippen molar-refractivity contribution in [1.82, 2.24) is 5.32 Å². The Kier molecular flexibility index (Phi) is 2.25. The summed E-state index contributed by atoms with van der Waals surface area (Å²) in [4.78, 5) is 11.6. The van der Waals surface area contributed by atoms with Gasteiger partial charge in [0.1, 0.15) is 0 Å². The molecule has 1 amide bonds. The third kappa shape index (κ3) is 1.40. The number of carbonyl (C=O) groups excluding carboxylic acids is 1. The van der Waals surface area contributed by atoms with E-state index in [1.54, 1.807) is 0 Å². The molecule has 3 nitrogen and oxygen atoms in total. The van der Waals surface area contributed by atoms with Gasteiger partial charge in [-0.05, 0) is 30.5 Å². The molecule has 0 aromatic heterocycles. The molecule has 3 heteroatoms. The van der Waals surface area contributed by atoms with Crippen LogP contribution in [0, 0.1) is 6.92 Å². The zero-order valence-corrected chi connectivity index (χ0v) is 8.21. The first kappa shape index (κ1) is 9.21. The maximum absolute atomic E-state index is 11.6. The highest BCUT2D eigenvalue weighted by atomic mass is 16.1. The second kappa shape index (κ2) is 3.42. The number of hydrogen-bond donors (Lipinski definition) is 2. The van der Waals surface area contributed by atoms with Crippen LogP contribution < -0.4 is 11.1 Å². The lowest BCUT2D eigenvalue weighted by molar-refractivity contribution is 0.0926. The van der Waals surface area contributed by atoms with Crippen molar-refractivity contribution < 1.29 is 4.79 Å². The Morgan fingerprint density at radius 2 is 2.36 bits per heavy atom. The van der Waals surface area contributed by atoms with Crippen LogP contribution >= 0.6 is 0 Å². The Bertz CT molecular complexity index is 374. The van der Waals surface area contributed by atoms with E-state index in [1.807, 2.05) is 25.1 Å². The van der Waals surface area contributed by atoms with Crippen LogP contribution in [0.15, 0.2) is 18.2 Å². The van der Waals surface area contributed by atoms with Crippen LogP contribution in [-0.2, 0) is 6.42 Å². The van der Waals surface area contributed by atoms with E-state index in [2.05, 4.69) is 5.32 Å². The number of nitrogens with two attached hydrogens (primary N) is 1. The van der Waals surface area contributed by atoms with Gasteiger partial charge in [-0.15, -0.1) is 0 Å². The molecule has 3 N–H and O–H groups in total. The van der Waals surface area contributed by atoms with Crippen LogP contribution in [0.1, 0.15) is 21.5 Å². The molecule has 0 aliphatic carbocycles. The summed E-state index contributed by atoms with van der Waals surface area (Å²) < 4.78 is 0. The maximum Gasteiger partial charge on any atom is 0.251 e. The van der Waals surface area contributed by atoms with Gasteiger partial charge in [-0.3, -0.25) is 4.79 Å². The van der Waals surface area contributed by atoms with Crippen LogP contribution in [0.5, 0.6) is 0 Å². The summed E-state index contributed by atoms with van der Waals surface area (Å²) in [7, 11) is 0. The number of amides is 1. The van der Waals surface area contributed by atoms with Crippen molar-refractivity contribution in [2.24, 2.45) is 5.73 Å². The molecule has 1 aromatic carbocycles. The summed E-state index contributed by atoms with van der Waals surface area (Å²) in [6.07, 6.45) is 0.851. The number of aryl methyl sites for hydroxylation is 1. The Morgan fingerprint density at radius 3 is 3.07 bits per heavy atom. The summed E-state index contributed by atoms with van der Waals surface area (Å²) in [6, 6.07) is 5.91. The molecular formula is C11H14N2O. The first-order valence-corrected chi connectivity index (χ1v) is 4.82. The number of rotatable bonds is 1. The number of fused-ring (bicyclic) bond motifs is 1. The second-order valence-corrected chi connectivity index (χ2v) is 3.71. The van der Waals surface area contributed by atoms with Crippen LogP contribution in [0.3, 0.4) is 0 Å². The molecule has 1 heterocycles. The van der Waals surface area contributed by atoms with E-state index in [1.165, 1.54) is 5.56 Å². The van der Waals surface area contributed by atoms with Crippen LogP contribution in [0.25, 0.3) is 0 Å². The summed E-state index contributed by atoms with van der Waals surface area (Å²) in [5, 5.41) is 2.89. The van der Waals surface area contributed by atoms with Gasteiger partial charge in [-0.25, -0.2) is 0 Å². The summed E-state index contributed by atoms with van der Waals surface area (Å²) >= 11 is 0. The fraction of sp³-hybridized carbons (Fsp3) is 0.364. The Balaban J connectivity index is 2.45. The van der Waals surface area contributed by atoms with Gasteiger partial charge in [-0.2, -0.15) is 0 Å². The normalized spacial score (nSPS) is 20.1. The van der Waals surface area contributed by atoms with Crippen LogP contribution in [-0.4, -0.2) is 18.5 Å². The lowest BCUT2D eigenvalue weighted by Crippen LogP contribution is -2.45. The highest BCUT2D eigenvalue weighted by molar-refractivity contribution is 5.97. The van der Waals surface area contributed by atoms with Crippen LogP contribution in [0.4, 0.5) is 0 Å². The highest BCUT2D eigenvalue weighted by Gasteiger charge is 2.23. The van der Waals surface area contributed by atoms with Gasteiger partial charge in [0, 0.05) is 18.2 Å². The molecular weight excluding hydrogens is 176 g/mol. The molecule has 0 fully saturated rings. The predicted molar refractivity (Wildman–Crippen MR) is 55.2 cm³/mol. The Hall–Kier alpha value is -1.35. The highest BCUT2D eigenvalue weighted by Crippen LogP contribution is 2.19. The monoisotopic (exact) mass is 190 g/mol. The summed E-state index contributed by atoms with van der Waals surface area (Å²) in [5.74, 6) is 0.00500. The lowest BCUT2D eigenvalue weighted by atomic mass is 9.91. The number of carbonyl (C=O) groups is 1. The van der Waals surface area contributed by atoms with Gasteiger partial charge in [0.15, 0.2) is 0 Å². The number of hydrogen-bond acceptors (Lipinski definition) is 2. The Labute approximate surface area is 83.3 Å². The summed E-state index contributed by atoms with van der Waals surface area (Å²) in [6.45, 7) is 2.53. The minimum Gasteiger partial charge on any atom is -0.348 e. The van der Waals surface area contributed by atoms with Crippen molar-refractivity contribution in [1.29, 1.82) is 0 Å². The topological polar surface area (TPSA) is 55.1 Å². The van der Waals surface area contributed by atoms with E-state index in [4.69, 9.17) is 5.73 Å². The molecule has 1 unspecified atom stereocenters. The largest absolute Gasteiger partial charge is 0.348 e. The average molecular weight is 190 g/mol. The molecule has 74 valence electrons. The smallest absolute Gasteiger partial charge is 0.251 e. The molecule has 0 spiro atoms. The van der Waals surface area contributed by atoms with Gasteiger partial charge in [0.25, 0.3) is 5.91 Å². The zero-order valence-electron chi connectivity index (χ0n) is 8.21. The van der Waals surface area contributed by atoms with Crippen molar-refractivity contribution in [2.45, 2.75) is 19.4 Å². The van der Waals surface area contributed by atoms with E-state index >= 15 is 0 Å². The lowest BCUT2D eigenvalue weighted by Gasteiger charge is -2.25. The Morgan fingerprint density at radius 1 is 1.57 bits per heavy atom. The average Bonchev–Trinajstić information content (AvgIpc) is 2.19. The van der Waals surface area contributed by atoms with Crippen molar-refractivity contribution in [3.05, 3.63) is 34.9 Å². The molecule has 14 heavy (non-hydrogen) atoms. The van der Waals surface area contributed by atoms with E-state index < -0.39 is 0 Å². The maximum atomic E-state index is 11.6. The van der Waals surface area contributed by atoms with Crippen LogP contribution in [0.2, 0.25) is 0 Å². The fourth-order valence-corrected chi connectivity index (χ4v) is 1.89. The van der Waals surface area contributed by atoms with E-state index in [0.717, 1.165) is 17.5 Å². The zero-order chi connectivity index (χ0) is 10.1. The quantitative estimate of drug-likeness (QED) is 0.681. The third-order valence-electron chi connectivity index (χ3n) is 2.73. The molecule has 1 atom stereocenters. The molecule has 1 aliphatic heterocycles. The second-order valence-electron chi connectivity index (χ2n) is 3.71. The predicted octanol–water partition coefficient (Wildman–Crippen LogP) is 0.608. The van der Waals surface area contributed by atoms with Crippen molar-refractivity contribution in [2.75, 3.05) is 6.54 Å². The van der Waals surface area contributed by atoms with Crippen molar-refractivity contribution >= 4 is 5.91 Å². The van der Waals surface area contributed by atoms with Gasteiger partial charge >= 0.3 is 0 Å². The van der Waals surface area contributed by atoms with E-state index in [-0.39, 0.29) is 11.9 Å². The summed E-state index contributed by atoms with van der Waals surface area (Å²) in [5.41, 5.74) is 8.68. The SMILES string of the molecule is Cc1cccc2c1CC(CN)NC2=O. The van der Waals surface area contributed by atoms with E-state index in [0.29, 0.717) is 6.54 Å². The third-order valence-corrected chi connectivity index (χ3v) is 2.73. The van der Waals surface area contributed by atoms with Gasteiger partial charge in [-0.1, -0.05) is 12.1 Å². The molecule has 0 saturated heterocycles.